The number of rotatable bonds is 5. The molecule has 1 heterocycles. The molecule has 8 nitrogen and oxygen atoms in total. The van der Waals surface area contributed by atoms with Gasteiger partial charge >= 0.3 is 0 Å². The van der Waals surface area contributed by atoms with Crippen LogP contribution < -0.4 is 11.1 Å². The molecule has 3 N–H and O–H groups in total. The number of benzene rings is 1. The number of aromatic nitrogens is 4. The van der Waals surface area contributed by atoms with E-state index in [0.29, 0.717) is 24.9 Å². The second-order valence-corrected chi connectivity index (χ2v) is 5.74. The molecule has 0 radical (unpaired) electrons. The summed E-state index contributed by atoms with van der Waals surface area (Å²) in [6.07, 6.45) is 6.58. The number of nitrogens with one attached hydrogen (secondary N) is 1. The van der Waals surface area contributed by atoms with Crippen molar-refractivity contribution in [2.45, 2.75) is 25.4 Å². The number of nitrogens with zero attached hydrogens (tertiary/aromatic N) is 4. The number of hydrogen-bond donors (Lipinski definition) is 2. The molecule has 2 aromatic rings. The Balaban J connectivity index is 1.64. The first-order valence-electron chi connectivity index (χ1n) is 7.68. The molecular formula is C16H18N6O2. The highest BCUT2D eigenvalue weighted by Gasteiger charge is 2.28. The average molecular weight is 326 g/mol. The lowest BCUT2D eigenvalue weighted by Gasteiger charge is -2.26. The zero-order valence-corrected chi connectivity index (χ0v) is 13.0. The first-order chi connectivity index (χ1) is 11.6. The molecule has 124 valence electrons. The number of carbonyl (C=O) groups is 2. The molecule has 0 spiro atoms. The van der Waals surface area contributed by atoms with Crippen molar-refractivity contribution in [1.29, 1.82) is 0 Å². The van der Waals surface area contributed by atoms with E-state index in [4.69, 9.17) is 5.73 Å². The highest BCUT2D eigenvalue weighted by molar-refractivity contribution is 5.94. The van der Waals surface area contributed by atoms with Crippen LogP contribution in [-0.4, -0.2) is 38.1 Å². The van der Waals surface area contributed by atoms with E-state index in [9.17, 15) is 9.59 Å². The lowest BCUT2D eigenvalue weighted by Crippen LogP contribution is -2.46. The summed E-state index contributed by atoms with van der Waals surface area (Å²) in [5.74, 6) is -0.963. The minimum atomic E-state index is -0.388. The molecule has 1 aliphatic carbocycles. The van der Waals surface area contributed by atoms with E-state index in [1.165, 1.54) is 6.33 Å². The normalized spacial score (nSPS) is 19.8. The zero-order valence-electron chi connectivity index (χ0n) is 13.0. The molecule has 0 bridgehead atoms. The summed E-state index contributed by atoms with van der Waals surface area (Å²) in [6, 6.07) is 6.92. The van der Waals surface area contributed by atoms with Gasteiger partial charge in [-0.15, -0.1) is 5.10 Å². The molecule has 1 aromatic carbocycles. The molecule has 1 aromatic heterocycles. The predicted octanol–water partition coefficient (Wildman–Crippen LogP) is 0.271. The quantitative estimate of drug-likeness (QED) is 0.765. The van der Waals surface area contributed by atoms with Gasteiger partial charge < -0.3 is 11.1 Å². The van der Waals surface area contributed by atoms with Gasteiger partial charge in [0.25, 0.3) is 5.91 Å². The average Bonchev–Trinajstić information content (AvgIpc) is 3.09. The summed E-state index contributed by atoms with van der Waals surface area (Å²) in [5, 5.41) is 13.9. The van der Waals surface area contributed by atoms with Crippen molar-refractivity contribution in [2.24, 2.45) is 11.7 Å². The van der Waals surface area contributed by atoms with Gasteiger partial charge in [0.2, 0.25) is 5.91 Å². The van der Waals surface area contributed by atoms with Crippen LogP contribution in [0, 0.1) is 5.92 Å². The van der Waals surface area contributed by atoms with Gasteiger partial charge in [-0.3, -0.25) is 9.59 Å². The Kier molecular flexibility index (Phi) is 4.64. The monoisotopic (exact) mass is 326 g/mol. The number of amides is 2. The summed E-state index contributed by atoms with van der Waals surface area (Å²) in [5.41, 5.74) is 6.93. The second kappa shape index (κ2) is 7.03. The molecule has 3 rings (SSSR count). The van der Waals surface area contributed by atoms with E-state index < -0.39 is 0 Å². The lowest BCUT2D eigenvalue weighted by atomic mass is 9.88. The van der Waals surface area contributed by atoms with Gasteiger partial charge in [0, 0.05) is 11.6 Å². The van der Waals surface area contributed by atoms with Crippen LogP contribution in [0.1, 0.15) is 28.8 Å². The maximum Gasteiger partial charge on any atom is 0.251 e. The molecule has 1 aliphatic rings. The van der Waals surface area contributed by atoms with Crippen LogP contribution in [0.3, 0.4) is 0 Å². The summed E-state index contributed by atoms with van der Waals surface area (Å²) < 4.78 is 1.60. The van der Waals surface area contributed by atoms with E-state index in [2.05, 4.69) is 20.8 Å². The number of nitrogens with two attached hydrogens (primary N) is 1. The molecule has 24 heavy (non-hydrogen) atoms. The van der Waals surface area contributed by atoms with Crippen LogP contribution in [0.5, 0.6) is 0 Å². The van der Waals surface area contributed by atoms with Gasteiger partial charge in [-0.25, -0.2) is 4.68 Å². The fourth-order valence-electron chi connectivity index (χ4n) is 2.74. The van der Waals surface area contributed by atoms with E-state index in [1.807, 2.05) is 24.3 Å². The van der Waals surface area contributed by atoms with Crippen molar-refractivity contribution < 1.29 is 9.59 Å². The number of carbonyl (C=O) groups excluding carboxylic acids is 2. The molecule has 0 aliphatic heterocycles. The van der Waals surface area contributed by atoms with Crippen molar-refractivity contribution >= 4 is 11.8 Å². The van der Waals surface area contributed by atoms with Crippen LogP contribution in [0.4, 0.5) is 0 Å². The third kappa shape index (κ3) is 3.65. The highest BCUT2D eigenvalue weighted by Crippen LogP contribution is 2.19. The van der Waals surface area contributed by atoms with Crippen molar-refractivity contribution in [3.8, 4) is 0 Å². The third-order valence-electron chi connectivity index (χ3n) is 4.07. The fourth-order valence-corrected chi connectivity index (χ4v) is 2.74. The minimum Gasteiger partial charge on any atom is -0.369 e. The van der Waals surface area contributed by atoms with Gasteiger partial charge in [-0.05, 0) is 41.0 Å². The Hall–Kier alpha value is -3.03. The molecule has 8 heteroatoms. The van der Waals surface area contributed by atoms with Crippen molar-refractivity contribution in [3.63, 3.8) is 0 Å². The number of tetrazole rings is 1. The SMILES string of the molecule is NC(=O)[C@@H]1CC=CC[C@H]1NC(=O)c1ccc(Cn2cnnn2)cc1. The van der Waals surface area contributed by atoms with Crippen LogP contribution in [0.2, 0.25) is 0 Å². The molecule has 0 saturated heterocycles. The van der Waals surface area contributed by atoms with Gasteiger partial charge in [-0.2, -0.15) is 0 Å². The maximum atomic E-state index is 12.4. The van der Waals surface area contributed by atoms with Crippen LogP contribution in [0.25, 0.3) is 0 Å². The minimum absolute atomic E-state index is 0.212. The molecular weight excluding hydrogens is 308 g/mol. The number of allylic oxidation sites excluding steroid dienone is 1. The molecule has 0 fully saturated rings. The summed E-state index contributed by atoms with van der Waals surface area (Å²) in [4.78, 5) is 23.9. The van der Waals surface area contributed by atoms with Gasteiger partial charge in [0.15, 0.2) is 0 Å². The standard InChI is InChI=1S/C16H18N6O2/c17-15(23)13-3-1-2-4-14(13)19-16(24)12-7-5-11(6-8-12)9-22-10-18-20-21-22/h1-2,5-8,10,13-14H,3-4,9H2,(H2,17,23)(H,19,24)/t13-,14-/m1/s1. The summed E-state index contributed by atoms with van der Waals surface area (Å²) in [6.45, 7) is 0.534. The lowest BCUT2D eigenvalue weighted by molar-refractivity contribution is -0.122. The van der Waals surface area contributed by atoms with Gasteiger partial charge in [0.05, 0.1) is 12.5 Å². The van der Waals surface area contributed by atoms with E-state index >= 15 is 0 Å². The topological polar surface area (TPSA) is 116 Å². The van der Waals surface area contributed by atoms with Gasteiger partial charge in [0.1, 0.15) is 6.33 Å². The van der Waals surface area contributed by atoms with Crippen molar-refractivity contribution in [2.75, 3.05) is 0 Å². The van der Waals surface area contributed by atoms with E-state index in [-0.39, 0.29) is 23.8 Å². The van der Waals surface area contributed by atoms with Crippen molar-refractivity contribution in [3.05, 3.63) is 53.9 Å². The first kappa shape index (κ1) is 15.9. The Morgan fingerprint density at radius 1 is 1.21 bits per heavy atom. The van der Waals surface area contributed by atoms with E-state index in [0.717, 1.165) is 5.56 Å². The Labute approximate surface area is 138 Å². The van der Waals surface area contributed by atoms with Crippen LogP contribution in [0.15, 0.2) is 42.7 Å². The van der Waals surface area contributed by atoms with Crippen LogP contribution >= 0.6 is 0 Å². The molecule has 2 atom stereocenters. The smallest absolute Gasteiger partial charge is 0.251 e. The Bertz CT molecular complexity index is 738. The van der Waals surface area contributed by atoms with Gasteiger partial charge in [-0.1, -0.05) is 24.3 Å². The summed E-state index contributed by atoms with van der Waals surface area (Å²) in [7, 11) is 0. The third-order valence-corrected chi connectivity index (χ3v) is 4.07. The largest absolute Gasteiger partial charge is 0.369 e. The Morgan fingerprint density at radius 2 is 1.96 bits per heavy atom. The van der Waals surface area contributed by atoms with Crippen molar-refractivity contribution in [1.82, 2.24) is 25.5 Å². The summed E-state index contributed by atoms with van der Waals surface area (Å²) >= 11 is 0. The van der Waals surface area contributed by atoms with Crippen LogP contribution in [-0.2, 0) is 11.3 Å². The molecule has 0 unspecified atom stereocenters. The first-order valence-corrected chi connectivity index (χ1v) is 7.68. The predicted molar refractivity (Wildman–Crippen MR) is 85.7 cm³/mol. The number of primary amides is 1. The maximum absolute atomic E-state index is 12.4. The Morgan fingerprint density at radius 3 is 2.62 bits per heavy atom. The molecule has 0 saturated carbocycles. The zero-order chi connectivity index (χ0) is 16.9. The molecule has 2 amide bonds. The fraction of sp³-hybridized carbons (Fsp3) is 0.312. The second-order valence-electron chi connectivity index (χ2n) is 5.74. The van der Waals surface area contributed by atoms with E-state index in [1.54, 1.807) is 16.8 Å². The highest BCUT2D eigenvalue weighted by atomic mass is 16.2. The number of hydrogen-bond acceptors (Lipinski definition) is 5.